The Bertz CT molecular complexity index is 388. The summed E-state index contributed by atoms with van der Waals surface area (Å²) in [5.41, 5.74) is -0.0722. The molecule has 0 aromatic heterocycles. The number of rotatable bonds is 2. The monoisotopic (exact) mass is 279 g/mol. The summed E-state index contributed by atoms with van der Waals surface area (Å²) in [6, 6.07) is 0. The number of nitrogens with one attached hydrogen (secondary N) is 1. The lowest BCUT2D eigenvalue weighted by molar-refractivity contribution is -0.146. The molecule has 0 bridgehead atoms. The van der Waals surface area contributed by atoms with Crippen LogP contribution in [-0.4, -0.2) is 11.8 Å². The molecule has 2 rings (SSSR count). The molecule has 1 aliphatic carbocycles. The number of amides is 2. The molecular weight excluding hydrogens is 250 g/mol. The van der Waals surface area contributed by atoms with Crippen LogP contribution in [0.4, 0.5) is 0 Å². The Kier molecular flexibility index (Phi) is 4.55. The average molecular weight is 279 g/mol. The molecule has 2 fully saturated rings. The van der Waals surface area contributed by atoms with E-state index in [2.05, 4.69) is 33.0 Å². The van der Waals surface area contributed by atoms with Crippen molar-refractivity contribution in [3.8, 4) is 0 Å². The molecular formula is C17H29NO2. The van der Waals surface area contributed by atoms with Crippen molar-refractivity contribution >= 4 is 11.8 Å². The molecule has 1 saturated heterocycles. The average Bonchev–Trinajstić information content (AvgIpc) is 2.50. The van der Waals surface area contributed by atoms with Gasteiger partial charge in [0.2, 0.25) is 11.8 Å². The molecule has 3 nitrogen and oxygen atoms in total. The van der Waals surface area contributed by atoms with Crippen LogP contribution in [-0.2, 0) is 9.59 Å². The number of hydrogen-bond acceptors (Lipinski definition) is 2. The lowest BCUT2D eigenvalue weighted by Gasteiger charge is -2.44. The number of carbonyl (C=O) groups is 2. The van der Waals surface area contributed by atoms with E-state index in [1.54, 1.807) is 0 Å². The second-order valence-electron chi connectivity index (χ2n) is 7.61. The van der Waals surface area contributed by atoms with Crippen LogP contribution in [0.25, 0.3) is 0 Å². The van der Waals surface area contributed by atoms with E-state index in [4.69, 9.17) is 0 Å². The van der Waals surface area contributed by atoms with E-state index in [1.165, 1.54) is 12.8 Å². The fourth-order valence-electron chi connectivity index (χ4n) is 4.59. The number of hydrogen-bond donors (Lipinski definition) is 1. The molecule has 1 saturated carbocycles. The first-order valence-corrected chi connectivity index (χ1v) is 8.19. The predicted octanol–water partition coefficient (Wildman–Crippen LogP) is 3.53. The van der Waals surface area contributed by atoms with Crippen LogP contribution in [0.2, 0.25) is 0 Å². The van der Waals surface area contributed by atoms with Crippen molar-refractivity contribution in [2.75, 3.05) is 0 Å². The quantitative estimate of drug-likeness (QED) is 0.786. The molecule has 1 aliphatic heterocycles. The van der Waals surface area contributed by atoms with Gasteiger partial charge in [-0.1, -0.05) is 40.5 Å². The summed E-state index contributed by atoms with van der Waals surface area (Å²) in [6.45, 7) is 8.82. The maximum atomic E-state index is 12.3. The van der Waals surface area contributed by atoms with E-state index < -0.39 is 0 Å². The molecule has 2 aliphatic rings. The van der Waals surface area contributed by atoms with Crippen LogP contribution in [0.3, 0.4) is 0 Å². The van der Waals surface area contributed by atoms with Gasteiger partial charge in [0.05, 0.1) is 0 Å². The molecule has 1 spiro atoms. The summed E-state index contributed by atoms with van der Waals surface area (Å²) in [5.74, 6) is 1.68. The molecule has 114 valence electrons. The minimum atomic E-state index is -0.0722. The second-order valence-corrected chi connectivity index (χ2v) is 7.61. The van der Waals surface area contributed by atoms with E-state index in [9.17, 15) is 9.59 Å². The summed E-state index contributed by atoms with van der Waals surface area (Å²) in [4.78, 5) is 24.2. The smallest absolute Gasteiger partial charge is 0.230 e. The highest BCUT2D eigenvalue weighted by molar-refractivity contribution is 5.99. The molecule has 3 unspecified atom stereocenters. The molecule has 20 heavy (non-hydrogen) atoms. The van der Waals surface area contributed by atoms with Gasteiger partial charge in [0, 0.05) is 12.3 Å². The van der Waals surface area contributed by atoms with Gasteiger partial charge in [0.15, 0.2) is 0 Å². The SMILES string of the molecule is CC(C)C1CCCC2(CC1)CC(=O)NC(=O)C2C(C)C. The third-order valence-corrected chi connectivity index (χ3v) is 5.59. The summed E-state index contributed by atoms with van der Waals surface area (Å²) in [5, 5.41) is 2.56. The van der Waals surface area contributed by atoms with Gasteiger partial charge in [-0.3, -0.25) is 14.9 Å². The first-order valence-electron chi connectivity index (χ1n) is 8.19. The van der Waals surface area contributed by atoms with Gasteiger partial charge in [-0.2, -0.15) is 0 Å². The van der Waals surface area contributed by atoms with Crippen molar-refractivity contribution in [1.29, 1.82) is 0 Å². The Hall–Kier alpha value is -0.860. The number of piperidine rings is 1. The van der Waals surface area contributed by atoms with Crippen molar-refractivity contribution in [2.24, 2.45) is 29.1 Å². The molecule has 0 aromatic carbocycles. The predicted molar refractivity (Wildman–Crippen MR) is 79.9 cm³/mol. The Morgan fingerprint density at radius 1 is 1.05 bits per heavy atom. The lowest BCUT2D eigenvalue weighted by Crippen LogP contribution is -2.53. The zero-order chi connectivity index (χ0) is 14.9. The highest BCUT2D eigenvalue weighted by Gasteiger charge is 2.49. The van der Waals surface area contributed by atoms with E-state index in [-0.39, 0.29) is 23.1 Å². The van der Waals surface area contributed by atoms with Gasteiger partial charge < -0.3 is 0 Å². The summed E-state index contributed by atoms with van der Waals surface area (Å²) < 4.78 is 0. The van der Waals surface area contributed by atoms with Crippen molar-refractivity contribution < 1.29 is 9.59 Å². The van der Waals surface area contributed by atoms with Gasteiger partial charge in [-0.25, -0.2) is 0 Å². The molecule has 1 N–H and O–H groups in total. The molecule has 3 atom stereocenters. The van der Waals surface area contributed by atoms with E-state index >= 15 is 0 Å². The highest BCUT2D eigenvalue weighted by Crippen LogP contribution is 2.50. The zero-order valence-corrected chi connectivity index (χ0v) is 13.4. The van der Waals surface area contributed by atoms with Crippen molar-refractivity contribution in [3.05, 3.63) is 0 Å². The van der Waals surface area contributed by atoms with Crippen LogP contribution < -0.4 is 5.32 Å². The van der Waals surface area contributed by atoms with Gasteiger partial charge in [-0.15, -0.1) is 0 Å². The minimum absolute atomic E-state index is 0.00566. The van der Waals surface area contributed by atoms with E-state index in [1.807, 2.05) is 0 Å². The van der Waals surface area contributed by atoms with Crippen LogP contribution in [0, 0.1) is 29.1 Å². The first-order chi connectivity index (χ1) is 9.35. The van der Waals surface area contributed by atoms with Crippen molar-refractivity contribution in [1.82, 2.24) is 5.32 Å². The van der Waals surface area contributed by atoms with E-state index in [0.717, 1.165) is 25.2 Å². The third-order valence-electron chi connectivity index (χ3n) is 5.59. The maximum Gasteiger partial charge on any atom is 0.230 e. The van der Waals surface area contributed by atoms with Gasteiger partial charge in [-0.05, 0) is 42.4 Å². The van der Waals surface area contributed by atoms with Crippen molar-refractivity contribution in [3.63, 3.8) is 0 Å². The van der Waals surface area contributed by atoms with Gasteiger partial charge in [0.25, 0.3) is 0 Å². The largest absolute Gasteiger partial charge is 0.296 e. The van der Waals surface area contributed by atoms with Crippen molar-refractivity contribution in [2.45, 2.75) is 66.2 Å². The molecule has 2 amide bonds. The third kappa shape index (κ3) is 2.91. The van der Waals surface area contributed by atoms with Crippen LogP contribution in [0.15, 0.2) is 0 Å². The fraction of sp³-hybridized carbons (Fsp3) is 0.882. The Morgan fingerprint density at radius 3 is 2.35 bits per heavy atom. The Balaban J connectivity index is 2.24. The fourth-order valence-corrected chi connectivity index (χ4v) is 4.59. The van der Waals surface area contributed by atoms with Gasteiger partial charge in [0.1, 0.15) is 0 Å². The normalized spacial score (nSPS) is 35.5. The second kappa shape index (κ2) is 5.87. The lowest BCUT2D eigenvalue weighted by atomic mass is 9.61. The minimum Gasteiger partial charge on any atom is -0.296 e. The molecule has 0 aromatic rings. The number of carbonyl (C=O) groups excluding carboxylic acids is 2. The first kappa shape index (κ1) is 15.5. The van der Waals surface area contributed by atoms with Crippen LogP contribution >= 0.6 is 0 Å². The van der Waals surface area contributed by atoms with Crippen LogP contribution in [0.1, 0.15) is 66.2 Å². The summed E-state index contributed by atoms with van der Waals surface area (Å²) in [6.07, 6.45) is 6.20. The number of imide groups is 1. The maximum absolute atomic E-state index is 12.3. The zero-order valence-electron chi connectivity index (χ0n) is 13.4. The molecule has 0 radical (unpaired) electrons. The summed E-state index contributed by atoms with van der Waals surface area (Å²) in [7, 11) is 0. The molecule has 1 heterocycles. The standard InChI is InChI=1S/C17H29NO2/c1-11(2)13-6-5-8-17(9-7-13)10-14(19)18-16(20)15(17)12(3)4/h11-13,15H,5-10H2,1-4H3,(H,18,19,20). The Morgan fingerprint density at radius 2 is 1.75 bits per heavy atom. The molecule has 3 heteroatoms. The highest BCUT2D eigenvalue weighted by atomic mass is 16.2. The topological polar surface area (TPSA) is 46.2 Å². The van der Waals surface area contributed by atoms with Crippen LogP contribution in [0.5, 0.6) is 0 Å². The summed E-state index contributed by atoms with van der Waals surface area (Å²) >= 11 is 0. The Labute approximate surface area is 122 Å². The van der Waals surface area contributed by atoms with Gasteiger partial charge >= 0.3 is 0 Å². The van der Waals surface area contributed by atoms with E-state index in [0.29, 0.717) is 18.3 Å².